The summed E-state index contributed by atoms with van der Waals surface area (Å²) in [7, 11) is 0. The van der Waals surface area contributed by atoms with E-state index in [9.17, 15) is 71.9 Å². The minimum atomic E-state index is -1.60. The van der Waals surface area contributed by atoms with Gasteiger partial charge in [0.15, 0.2) is 11.9 Å². The predicted octanol–water partition coefficient (Wildman–Crippen LogP) is -3.89. The topological polar surface area (TPSA) is 666 Å². The summed E-state index contributed by atoms with van der Waals surface area (Å²) in [6, 6.07) is 17.9. The van der Waals surface area contributed by atoms with Crippen LogP contribution < -0.4 is 120 Å². The van der Waals surface area contributed by atoms with Crippen LogP contribution >= 0.6 is 0 Å². The SMILES string of the molecule is CC[C@H](C)[C@H](NC(=O)[C@H](CCCCN)NC(=O)[C@H](Cc1ccccc1)NC(=O)CNC(=O)[C@H](C)NC(=O)[C@H](CCCCN)NC(=O)[C@H](CC(C)C)NC(=O)[C@H](CCCNC(=N)N)NC(=O)[C@H](Cc1ccccc1)NC(=O)[C@H](CC(N)=O)NC(=O)[C@@H](N)Cc1ccccc1)C(=O)N[C@@H](CCCNC(=N)N)C(=O)N[C@@H](Cc1ccccc1)C(=O)NCC(N)=O. The smallest absolute Gasteiger partial charge is 0.243 e. The van der Waals surface area contributed by atoms with E-state index in [0.717, 1.165) is 0 Å². The van der Waals surface area contributed by atoms with Crippen molar-refractivity contribution in [1.29, 1.82) is 10.8 Å². The number of carbonyl (C=O) groups excluding carboxylic acids is 15. The third kappa shape index (κ3) is 39.5. The Hall–Kier alpha value is -12.7. The van der Waals surface area contributed by atoms with Crippen LogP contribution in [0.15, 0.2) is 121 Å². The summed E-state index contributed by atoms with van der Waals surface area (Å²) in [5, 5.41) is 54.9. The van der Waals surface area contributed by atoms with Crippen LogP contribution in [0.3, 0.4) is 0 Å². The molecule has 0 spiro atoms. The lowest BCUT2D eigenvalue weighted by Gasteiger charge is -2.29. The van der Waals surface area contributed by atoms with E-state index in [1.54, 1.807) is 149 Å². The zero-order valence-corrected chi connectivity index (χ0v) is 70.1. The van der Waals surface area contributed by atoms with Crippen LogP contribution in [0, 0.1) is 22.7 Å². The lowest BCUT2D eigenvalue weighted by atomic mass is 9.96. The Bertz CT molecular complexity index is 4080. The number of benzene rings is 4. The molecule has 0 aliphatic heterocycles. The van der Waals surface area contributed by atoms with Crippen molar-refractivity contribution in [3.05, 3.63) is 144 Å². The fraction of sp³-hybridized carbons (Fsp3) is 0.506. The Balaban J connectivity index is 1.54. The normalized spacial score (nSPS) is 14.2. The standard InChI is InChI=1S/C83H126N24O15/c1-6-50(4)69(81(122)102-60(36-24-40-94-83(91)92)75(116)105-62(72(113)95-47-67(88)109)43-53-27-13-8-14-28-53)107-76(117)58(34-20-22-38-85)100-78(119)63(44-54-29-15-9-16-30-54)98-68(110)48-96-70(111)51(5)97-73(114)57(33-19-21-37-84)99-77(118)61(41-49(2)3)104-74(115)59(35-23-39-93-82(89)90)101-79(120)64(45-55-31-17-10-18-32-55)106-80(121)65(46-66(87)108)103-71(112)56(86)42-52-25-11-7-12-26-52/h7-18,25-32,49-51,56-65,69H,6,19-24,33-48,84-86H2,1-5H3,(H2,87,108)(H2,88,109)(H,95,113)(H,96,111)(H,97,114)(H,98,110)(H,99,118)(H,100,119)(H,101,120)(H,102,122)(H,103,112)(H,104,115)(H,105,116)(H,106,121)(H,107,117)(H4,89,90,93)(H4,91,92,94)/t50-,51-,56-,57-,58-,59-,60-,61-,62-,63-,64-,65-,69-/m0/s1. The van der Waals surface area contributed by atoms with E-state index in [4.69, 9.17) is 51.0 Å². The second-order valence-corrected chi connectivity index (χ2v) is 30.3. The van der Waals surface area contributed by atoms with Gasteiger partial charge in [0.1, 0.15) is 66.5 Å². The molecule has 4 aromatic carbocycles. The number of nitrogens with two attached hydrogens (primary N) is 7. The zero-order chi connectivity index (χ0) is 90.2. The lowest BCUT2D eigenvalue weighted by molar-refractivity contribution is -0.136. The van der Waals surface area contributed by atoms with Gasteiger partial charge in [-0.1, -0.05) is 155 Å². The van der Waals surface area contributed by atoms with Crippen LogP contribution in [-0.2, 0) is 97.6 Å². The highest BCUT2D eigenvalue weighted by Gasteiger charge is 2.38. The number of nitrogens with one attached hydrogen (secondary N) is 17. The number of amides is 15. The third-order valence-electron chi connectivity index (χ3n) is 19.6. The van der Waals surface area contributed by atoms with E-state index in [0.29, 0.717) is 54.4 Å². The number of hydrogen-bond acceptors (Lipinski definition) is 20. The summed E-state index contributed by atoms with van der Waals surface area (Å²) in [5.74, 6) is -14.5. The first-order valence-electron chi connectivity index (χ1n) is 41.0. The first-order valence-corrected chi connectivity index (χ1v) is 41.0. The molecule has 0 fully saturated rings. The molecule has 0 heterocycles. The predicted molar refractivity (Wildman–Crippen MR) is 458 cm³/mol. The number of unbranched alkanes of at least 4 members (excludes halogenated alkanes) is 2. The summed E-state index contributed by atoms with van der Waals surface area (Å²) in [6.45, 7) is 7.59. The van der Waals surface area contributed by atoms with E-state index < -0.39 is 187 Å². The van der Waals surface area contributed by atoms with Gasteiger partial charge in [0.05, 0.1) is 25.6 Å². The molecule has 0 aliphatic carbocycles. The van der Waals surface area contributed by atoms with Crippen molar-refractivity contribution in [2.24, 2.45) is 52.0 Å². The average Bonchev–Trinajstić information content (AvgIpc) is 0.847. The first-order chi connectivity index (χ1) is 58.1. The molecule has 0 radical (unpaired) electrons. The maximum absolute atomic E-state index is 14.7. The van der Waals surface area contributed by atoms with Crippen LogP contribution in [0.4, 0.5) is 0 Å². The van der Waals surface area contributed by atoms with Crippen molar-refractivity contribution < 1.29 is 71.9 Å². The second kappa shape index (κ2) is 55.2. The number of primary amides is 2. The quantitative estimate of drug-likeness (QED) is 0.0114. The Morgan fingerprint density at radius 1 is 0.336 bits per heavy atom. The van der Waals surface area contributed by atoms with Gasteiger partial charge in [-0.05, 0) is 131 Å². The van der Waals surface area contributed by atoms with Gasteiger partial charge in [0, 0.05) is 32.4 Å². The van der Waals surface area contributed by atoms with Gasteiger partial charge in [-0.15, -0.1) is 0 Å². The molecule has 0 bridgehead atoms. The van der Waals surface area contributed by atoms with Gasteiger partial charge in [0.2, 0.25) is 88.6 Å². The minimum absolute atomic E-state index is 0.00742. The number of rotatable bonds is 57. The number of carbonyl (C=O) groups is 15. The van der Waals surface area contributed by atoms with Crippen LogP contribution in [0.2, 0.25) is 0 Å². The fourth-order valence-corrected chi connectivity index (χ4v) is 12.7. The Morgan fingerprint density at radius 2 is 0.672 bits per heavy atom. The van der Waals surface area contributed by atoms with Gasteiger partial charge in [-0.3, -0.25) is 82.7 Å². The van der Waals surface area contributed by atoms with Gasteiger partial charge >= 0.3 is 0 Å². The molecule has 31 N–H and O–H groups in total. The Kier molecular flexibility index (Phi) is 46.0. The molecule has 15 amide bonds. The first kappa shape index (κ1) is 102. The van der Waals surface area contributed by atoms with E-state index >= 15 is 0 Å². The highest BCUT2D eigenvalue weighted by molar-refractivity contribution is 6.00. The van der Waals surface area contributed by atoms with Crippen molar-refractivity contribution >= 4 is 101 Å². The van der Waals surface area contributed by atoms with Crippen LogP contribution in [-0.4, -0.2) is 212 Å². The summed E-state index contributed by atoms with van der Waals surface area (Å²) in [5.41, 5.74) is 42.4. The average molecular weight is 1700 g/mol. The molecule has 0 saturated carbocycles. The minimum Gasteiger partial charge on any atom is -0.370 e. The van der Waals surface area contributed by atoms with Gasteiger partial charge < -0.3 is 120 Å². The molecule has 13 atom stereocenters. The van der Waals surface area contributed by atoms with Crippen LogP contribution in [0.1, 0.15) is 140 Å². The Morgan fingerprint density at radius 3 is 1.07 bits per heavy atom. The molecule has 0 unspecified atom stereocenters. The van der Waals surface area contributed by atoms with Crippen LogP contribution in [0.5, 0.6) is 0 Å². The lowest BCUT2D eigenvalue weighted by Crippen LogP contribution is -2.61. The van der Waals surface area contributed by atoms with Gasteiger partial charge in [-0.2, -0.15) is 0 Å². The molecule has 0 aromatic heterocycles. The van der Waals surface area contributed by atoms with E-state index in [2.05, 4.69) is 79.8 Å². The van der Waals surface area contributed by atoms with Gasteiger partial charge in [0.25, 0.3) is 0 Å². The molecule has 0 aliphatic rings. The molecular weight excluding hydrogens is 1570 g/mol. The van der Waals surface area contributed by atoms with Crippen molar-refractivity contribution in [1.82, 2.24) is 79.8 Å². The Labute approximate surface area is 711 Å². The third-order valence-corrected chi connectivity index (χ3v) is 19.6. The maximum atomic E-state index is 14.7. The molecule has 122 heavy (non-hydrogen) atoms. The summed E-state index contributed by atoms with van der Waals surface area (Å²) in [6.07, 6.45) is 0.806. The van der Waals surface area contributed by atoms with E-state index in [1.165, 1.54) is 6.92 Å². The molecular formula is C83H126N24O15. The van der Waals surface area contributed by atoms with Crippen molar-refractivity contribution in [2.75, 3.05) is 39.3 Å². The highest BCUT2D eigenvalue weighted by atomic mass is 16.2. The highest BCUT2D eigenvalue weighted by Crippen LogP contribution is 2.16. The van der Waals surface area contributed by atoms with E-state index in [1.807, 2.05) is 0 Å². The van der Waals surface area contributed by atoms with Gasteiger partial charge in [-0.25, -0.2) is 0 Å². The fourth-order valence-electron chi connectivity index (χ4n) is 12.7. The maximum Gasteiger partial charge on any atom is 0.243 e. The largest absolute Gasteiger partial charge is 0.370 e. The zero-order valence-electron chi connectivity index (χ0n) is 70.1. The molecule has 39 heteroatoms. The van der Waals surface area contributed by atoms with Crippen LogP contribution in [0.25, 0.3) is 0 Å². The monoisotopic (exact) mass is 1700 g/mol. The summed E-state index contributed by atoms with van der Waals surface area (Å²) < 4.78 is 0. The summed E-state index contributed by atoms with van der Waals surface area (Å²) >= 11 is 0. The molecule has 0 saturated heterocycles. The van der Waals surface area contributed by atoms with Crippen molar-refractivity contribution in [3.63, 3.8) is 0 Å². The number of hydrogen-bond donors (Lipinski definition) is 24. The molecule has 4 aromatic rings. The molecule has 4 rings (SSSR count). The van der Waals surface area contributed by atoms with E-state index in [-0.39, 0.29) is 115 Å². The summed E-state index contributed by atoms with van der Waals surface area (Å²) in [4.78, 5) is 210. The number of guanidine groups is 2. The van der Waals surface area contributed by atoms with Crippen molar-refractivity contribution in [2.45, 2.75) is 216 Å². The molecule has 668 valence electrons. The second-order valence-electron chi connectivity index (χ2n) is 30.3. The molecule has 39 nitrogen and oxygen atoms in total. The van der Waals surface area contributed by atoms with Crippen molar-refractivity contribution in [3.8, 4) is 0 Å².